The minimum Gasteiger partial charge on any atom is -0.494 e. The normalized spacial score (nSPS) is 11.6. The van der Waals surface area contributed by atoms with Crippen molar-refractivity contribution in [2.24, 2.45) is 0 Å². The van der Waals surface area contributed by atoms with Crippen LogP contribution in [0.5, 0.6) is 5.75 Å². The number of halogens is 3. The molecule has 8 heteroatoms. The zero-order chi connectivity index (χ0) is 19.3. The van der Waals surface area contributed by atoms with E-state index >= 15 is 0 Å². The predicted octanol–water partition coefficient (Wildman–Crippen LogP) is 4.25. The summed E-state index contributed by atoms with van der Waals surface area (Å²) in [5.41, 5.74) is 0.711. The molecule has 0 unspecified atom stereocenters. The Morgan fingerprint density at radius 2 is 1.92 bits per heavy atom. The maximum absolute atomic E-state index is 13.6. The number of esters is 1. The molecule has 0 aromatic heterocycles. The van der Waals surface area contributed by atoms with Crippen molar-refractivity contribution in [2.45, 2.75) is 19.4 Å². The Kier molecular flexibility index (Phi) is 6.83. The Bertz CT molecular complexity index is 829. The second-order valence-corrected chi connectivity index (χ2v) is 6.23. The largest absolute Gasteiger partial charge is 0.494 e. The molecule has 2 aromatic carbocycles. The first-order chi connectivity index (χ1) is 12.3. The molecular weight excluding hydrogens is 384 g/mol. The summed E-state index contributed by atoms with van der Waals surface area (Å²) in [5.74, 6) is -1.75. The zero-order valence-electron chi connectivity index (χ0n) is 14.0. The molecule has 0 radical (unpaired) electrons. The highest BCUT2D eigenvalue weighted by atomic mass is 35.5. The lowest BCUT2D eigenvalue weighted by molar-refractivity contribution is -0.152. The Balaban J connectivity index is 1.94. The van der Waals surface area contributed by atoms with Crippen LogP contribution in [0.2, 0.25) is 10.0 Å². The fourth-order valence-electron chi connectivity index (χ4n) is 2.11. The summed E-state index contributed by atoms with van der Waals surface area (Å²) in [6.07, 6.45) is -1.25. The number of benzene rings is 2. The first-order valence-corrected chi connectivity index (χ1v) is 8.33. The van der Waals surface area contributed by atoms with Crippen molar-refractivity contribution < 1.29 is 23.5 Å². The van der Waals surface area contributed by atoms with Gasteiger partial charge in [0.1, 0.15) is 0 Å². The van der Waals surface area contributed by atoms with E-state index in [1.807, 2.05) is 0 Å². The number of carbonyl (C=O) groups excluding carboxylic acids is 2. The highest BCUT2D eigenvalue weighted by Gasteiger charge is 2.19. The molecule has 0 aliphatic carbocycles. The number of amides is 1. The maximum Gasteiger partial charge on any atom is 0.311 e. The van der Waals surface area contributed by atoms with Gasteiger partial charge in [-0.2, -0.15) is 0 Å². The van der Waals surface area contributed by atoms with Crippen LogP contribution >= 0.6 is 23.2 Å². The van der Waals surface area contributed by atoms with Gasteiger partial charge < -0.3 is 14.8 Å². The van der Waals surface area contributed by atoms with Gasteiger partial charge in [-0.1, -0.05) is 29.3 Å². The van der Waals surface area contributed by atoms with Gasteiger partial charge in [0.05, 0.1) is 24.2 Å². The number of anilines is 1. The Hall–Kier alpha value is -2.31. The van der Waals surface area contributed by atoms with Gasteiger partial charge in [0, 0.05) is 5.02 Å². The first kappa shape index (κ1) is 20.0. The van der Waals surface area contributed by atoms with Crippen LogP contribution < -0.4 is 10.1 Å². The third-order valence-electron chi connectivity index (χ3n) is 3.43. The summed E-state index contributed by atoms with van der Waals surface area (Å²) in [7, 11) is 1.35. The van der Waals surface area contributed by atoms with Gasteiger partial charge in [0.25, 0.3) is 5.91 Å². The molecule has 0 fully saturated rings. The third kappa shape index (κ3) is 5.34. The predicted molar refractivity (Wildman–Crippen MR) is 97.3 cm³/mol. The van der Waals surface area contributed by atoms with Gasteiger partial charge in [-0.3, -0.25) is 9.59 Å². The number of hydrogen-bond acceptors (Lipinski definition) is 4. The summed E-state index contributed by atoms with van der Waals surface area (Å²) < 4.78 is 23.5. The second kappa shape index (κ2) is 8.87. The molecule has 0 aliphatic rings. The topological polar surface area (TPSA) is 64.6 Å². The Morgan fingerprint density at radius 1 is 1.19 bits per heavy atom. The number of rotatable bonds is 6. The van der Waals surface area contributed by atoms with Crippen LogP contribution in [0.3, 0.4) is 0 Å². The summed E-state index contributed by atoms with van der Waals surface area (Å²) >= 11 is 11.8. The lowest BCUT2D eigenvalue weighted by atomic mass is 10.1. The third-order valence-corrected chi connectivity index (χ3v) is 3.99. The monoisotopic (exact) mass is 399 g/mol. The van der Waals surface area contributed by atoms with E-state index in [2.05, 4.69) is 5.32 Å². The van der Waals surface area contributed by atoms with E-state index in [1.54, 1.807) is 12.1 Å². The molecule has 5 nitrogen and oxygen atoms in total. The van der Waals surface area contributed by atoms with Gasteiger partial charge in [0.2, 0.25) is 0 Å². The molecule has 0 spiro atoms. The number of methoxy groups -OCH3 is 1. The fourth-order valence-corrected chi connectivity index (χ4v) is 2.44. The van der Waals surface area contributed by atoms with E-state index in [0.717, 1.165) is 0 Å². The summed E-state index contributed by atoms with van der Waals surface area (Å²) in [6.45, 7) is 1.42. The van der Waals surface area contributed by atoms with Crippen molar-refractivity contribution in [1.82, 2.24) is 0 Å². The standard InChI is InChI=1S/C18H16Cl2FNO4/c1-10(18(24)22-15-9-12(19)4-5-13(15)20)26-17(23)8-11-3-6-16(25-2)14(21)7-11/h3-7,9-10H,8H2,1-2H3,(H,22,24)/t10-/m0/s1. The van der Waals surface area contributed by atoms with Crippen LogP contribution in [0, 0.1) is 5.82 Å². The zero-order valence-corrected chi connectivity index (χ0v) is 15.5. The van der Waals surface area contributed by atoms with Crippen LogP contribution in [0.15, 0.2) is 36.4 Å². The fraction of sp³-hybridized carbons (Fsp3) is 0.222. The van der Waals surface area contributed by atoms with E-state index in [4.69, 9.17) is 32.7 Å². The van der Waals surface area contributed by atoms with Crippen LogP contribution in [-0.2, 0) is 20.7 Å². The summed E-state index contributed by atoms with van der Waals surface area (Å²) in [4.78, 5) is 24.1. The van der Waals surface area contributed by atoms with Crippen molar-refractivity contribution in [2.75, 3.05) is 12.4 Å². The van der Waals surface area contributed by atoms with Crippen LogP contribution in [0.4, 0.5) is 10.1 Å². The van der Waals surface area contributed by atoms with E-state index in [-0.39, 0.29) is 12.2 Å². The molecule has 0 saturated heterocycles. The van der Waals surface area contributed by atoms with E-state index in [0.29, 0.717) is 21.3 Å². The molecule has 1 atom stereocenters. The van der Waals surface area contributed by atoms with Gasteiger partial charge in [0.15, 0.2) is 17.7 Å². The summed E-state index contributed by atoms with van der Waals surface area (Å²) in [6, 6.07) is 8.73. The highest BCUT2D eigenvalue weighted by Crippen LogP contribution is 2.25. The molecule has 0 saturated carbocycles. The number of ether oxygens (including phenoxy) is 2. The molecule has 2 aromatic rings. The molecule has 0 bridgehead atoms. The molecule has 26 heavy (non-hydrogen) atoms. The maximum atomic E-state index is 13.6. The number of hydrogen-bond donors (Lipinski definition) is 1. The minimum absolute atomic E-state index is 0.0771. The Labute approximate surface area is 160 Å². The van der Waals surface area contributed by atoms with Crippen LogP contribution in [0.25, 0.3) is 0 Å². The second-order valence-electron chi connectivity index (χ2n) is 5.39. The van der Waals surface area contributed by atoms with Crippen molar-refractivity contribution in [1.29, 1.82) is 0 Å². The quantitative estimate of drug-likeness (QED) is 0.737. The minimum atomic E-state index is -1.07. The van der Waals surface area contributed by atoms with Crippen molar-refractivity contribution in [3.63, 3.8) is 0 Å². The van der Waals surface area contributed by atoms with Crippen molar-refractivity contribution in [3.8, 4) is 5.75 Å². The van der Waals surface area contributed by atoms with Gasteiger partial charge in [-0.05, 0) is 42.8 Å². The van der Waals surface area contributed by atoms with Crippen LogP contribution in [-0.4, -0.2) is 25.1 Å². The molecule has 2 rings (SSSR count). The molecule has 0 heterocycles. The number of nitrogens with one attached hydrogen (secondary N) is 1. The SMILES string of the molecule is COc1ccc(CC(=O)O[C@@H](C)C(=O)Nc2cc(Cl)ccc2Cl)cc1F. The number of carbonyl (C=O) groups is 2. The van der Waals surface area contributed by atoms with Gasteiger partial charge in [-0.15, -0.1) is 0 Å². The van der Waals surface area contributed by atoms with Crippen LogP contribution in [0.1, 0.15) is 12.5 Å². The summed E-state index contributed by atoms with van der Waals surface area (Å²) in [5, 5.41) is 3.24. The van der Waals surface area contributed by atoms with E-state index < -0.39 is 23.8 Å². The van der Waals surface area contributed by atoms with E-state index in [9.17, 15) is 14.0 Å². The molecular formula is C18H16Cl2FNO4. The lowest BCUT2D eigenvalue weighted by Crippen LogP contribution is -2.30. The van der Waals surface area contributed by atoms with Gasteiger partial charge in [-0.25, -0.2) is 4.39 Å². The first-order valence-electron chi connectivity index (χ1n) is 7.58. The Morgan fingerprint density at radius 3 is 2.58 bits per heavy atom. The lowest BCUT2D eigenvalue weighted by Gasteiger charge is -2.14. The van der Waals surface area contributed by atoms with Crippen molar-refractivity contribution >= 4 is 40.8 Å². The molecule has 0 aliphatic heterocycles. The van der Waals surface area contributed by atoms with E-state index in [1.165, 1.54) is 38.3 Å². The average molecular weight is 400 g/mol. The average Bonchev–Trinajstić information content (AvgIpc) is 2.58. The van der Waals surface area contributed by atoms with Gasteiger partial charge >= 0.3 is 5.97 Å². The smallest absolute Gasteiger partial charge is 0.311 e. The van der Waals surface area contributed by atoms with Crippen molar-refractivity contribution in [3.05, 3.63) is 57.8 Å². The molecule has 1 N–H and O–H groups in total. The molecule has 1 amide bonds. The highest BCUT2D eigenvalue weighted by molar-refractivity contribution is 6.35. The molecule has 138 valence electrons.